The van der Waals surface area contributed by atoms with E-state index in [0.717, 1.165) is 18.5 Å². The van der Waals surface area contributed by atoms with Crippen LogP contribution in [0.15, 0.2) is 41.1 Å². The normalized spacial score (nSPS) is 11.8. The van der Waals surface area contributed by atoms with Crippen LogP contribution in [0.25, 0.3) is 0 Å². The van der Waals surface area contributed by atoms with Crippen LogP contribution in [0.5, 0.6) is 0 Å². The number of hydrogen-bond acceptors (Lipinski definition) is 5. The van der Waals surface area contributed by atoms with Gasteiger partial charge in [-0.2, -0.15) is 4.98 Å². The second kappa shape index (κ2) is 6.32. The van der Waals surface area contributed by atoms with E-state index in [2.05, 4.69) is 65.5 Å². The molecule has 120 valence electrons. The molecule has 0 N–H and O–H groups in total. The summed E-state index contributed by atoms with van der Waals surface area (Å²) in [5.74, 6) is 1.26. The van der Waals surface area contributed by atoms with E-state index in [4.69, 9.17) is 4.52 Å². The van der Waals surface area contributed by atoms with Crippen LogP contribution in [0.4, 0.5) is 0 Å². The number of nitrogens with zero attached hydrogens (tertiary/aromatic N) is 5. The maximum absolute atomic E-state index is 5.28. The summed E-state index contributed by atoms with van der Waals surface area (Å²) in [7, 11) is 0. The van der Waals surface area contributed by atoms with Gasteiger partial charge in [-0.15, -0.1) is 5.10 Å². The molecular formula is C17H21N5O. The molecule has 6 heteroatoms. The smallest absolute Gasteiger partial charge is 0.248 e. The van der Waals surface area contributed by atoms with Crippen LogP contribution in [-0.2, 0) is 24.8 Å². The third kappa shape index (κ3) is 4.03. The molecule has 0 saturated carbocycles. The number of rotatable bonds is 5. The molecule has 0 spiro atoms. The van der Waals surface area contributed by atoms with Gasteiger partial charge >= 0.3 is 0 Å². The first-order chi connectivity index (χ1) is 11.0. The highest BCUT2D eigenvalue weighted by Gasteiger charge is 2.21. The van der Waals surface area contributed by atoms with Crippen molar-refractivity contribution in [1.29, 1.82) is 0 Å². The van der Waals surface area contributed by atoms with Gasteiger partial charge in [-0.3, -0.25) is 0 Å². The highest BCUT2D eigenvalue weighted by molar-refractivity contribution is 5.15. The summed E-state index contributed by atoms with van der Waals surface area (Å²) in [6, 6.07) is 10.4. The topological polar surface area (TPSA) is 69.6 Å². The first-order valence-electron chi connectivity index (χ1n) is 7.77. The highest BCUT2D eigenvalue weighted by Crippen LogP contribution is 2.18. The van der Waals surface area contributed by atoms with E-state index in [1.54, 1.807) is 4.68 Å². The summed E-state index contributed by atoms with van der Waals surface area (Å²) in [5.41, 5.74) is 2.14. The quantitative estimate of drug-likeness (QED) is 0.724. The van der Waals surface area contributed by atoms with Gasteiger partial charge in [0, 0.05) is 11.6 Å². The minimum atomic E-state index is -0.120. The second-order valence-corrected chi connectivity index (χ2v) is 6.65. The average molecular weight is 311 g/mol. The standard InChI is InChI=1S/C17H21N5O/c1-17(2,3)16-18-15(23-20-16)12-22-11-14(19-21-22)10-9-13-7-5-4-6-8-13/h4-8,11H,9-10,12H2,1-3H3. The number of aryl methyl sites for hydroxylation is 2. The van der Waals surface area contributed by atoms with E-state index in [1.807, 2.05) is 12.3 Å². The molecule has 0 atom stereocenters. The lowest BCUT2D eigenvalue weighted by atomic mass is 9.96. The van der Waals surface area contributed by atoms with Gasteiger partial charge in [0.15, 0.2) is 5.82 Å². The fourth-order valence-electron chi connectivity index (χ4n) is 2.21. The van der Waals surface area contributed by atoms with Crippen molar-refractivity contribution in [2.45, 2.75) is 45.6 Å². The third-order valence-corrected chi connectivity index (χ3v) is 3.53. The van der Waals surface area contributed by atoms with Gasteiger partial charge in [-0.1, -0.05) is 61.5 Å². The number of hydrogen-bond donors (Lipinski definition) is 0. The van der Waals surface area contributed by atoms with E-state index < -0.39 is 0 Å². The lowest BCUT2D eigenvalue weighted by molar-refractivity contribution is 0.352. The summed E-state index contributed by atoms with van der Waals surface area (Å²) in [4.78, 5) is 4.41. The summed E-state index contributed by atoms with van der Waals surface area (Å²) in [5, 5.41) is 12.4. The maximum atomic E-state index is 5.28. The van der Waals surface area contributed by atoms with Crippen molar-refractivity contribution in [2.24, 2.45) is 0 Å². The van der Waals surface area contributed by atoms with Crippen molar-refractivity contribution in [1.82, 2.24) is 25.1 Å². The van der Waals surface area contributed by atoms with Crippen LogP contribution in [-0.4, -0.2) is 25.1 Å². The minimum Gasteiger partial charge on any atom is -0.337 e. The van der Waals surface area contributed by atoms with Gasteiger partial charge < -0.3 is 4.52 Å². The van der Waals surface area contributed by atoms with Crippen molar-refractivity contribution < 1.29 is 4.52 Å². The number of benzene rings is 1. The molecule has 0 aliphatic heterocycles. The van der Waals surface area contributed by atoms with Gasteiger partial charge in [0.2, 0.25) is 5.89 Å². The summed E-state index contributed by atoms with van der Waals surface area (Å²) in [6.45, 7) is 6.61. The van der Waals surface area contributed by atoms with Gasteiger partial charge in [-0.25, -0.2) is 4.68 Å². The fraction of sp³-hybridized carbons (Fsp3) is 0.412. The van der Waals surface area contributed by atoms with Gasteiger partial charge in [-0.05, 0) is 18.4 Å². The second-order valence-electron chi connectivity index (χ2n) is 6.65. The molecule has 0 saturated heterocycles. The van der Waals surface area contributed by atoms with Crippen LogP contribution in [0.3, 0.4) is 0 Å². The molecule has 0 unspecified atom stereocenters. The van der Waals surface area contributed by atoms with Crippen LogP contribution >= 0.6 is 0 Å². The lowest BCUT2D eigenvalue weighted by Crippen LogP contribution is -2.13. The van der Waals surface area contributed by atoms with E-state index in [-0.39, 0.29) is 5.41 Å². The zero-order valence-electron chi connectivity index (χ0n) is 13.7. The zero-order chi connectivity index (χ0) is 16.3. The molecule has 0 radical (unpaired) electrons. The summed E-state index contributed by atoms with van der Waals surface area (Å²) >= 11 is 0. The molecule has 0 aliphatic rings. The van der Waals surface area contributed by atoms with Crippen molar-refractivity contribution >= 4 is 0 Å². The average Bonchev–Trinajstić information content (AvgIpc) is 3.16. The zero-order valence-corrected chi connectivity index (χ0v) is 13.7. The molecule has 0 bridgehead atoms. The van der Waals surface area contributed by atoms with E-state index in [1.165, 1.54) is 5.56 Å². The van der Waals surface area contributed by atoms with Crippen LogP contribution in [0.1, 0.15) is 43.7 Å². The largest absolute Gasteiger partial charge is 0.337 e. The van der Waals surface area contributed by atoms with Gasteiger partial charge in [0.25, 0.3) is 0 Å². The Morgan fingerprint density at radius 2 is 1.87 bits per heavy atom. The van der Waals surface area contributed by atoms with Crippen LogP contribution in [0.2, 0.25) is 0 Å². The van der Waals surface area contributed by atoms with Gasteiger partial charge in [0.1, 0.15) is 6.54 Å². The predicted octanol–water partition coefficient (Wildman–Crippen LogP) is 2.79. The van der Waals surface area contributed by atoms with Crippen LogP contribution in [0, 0.1) is 0 Å². The SMILES string of the molecule is CC(C)(C)c1noc(Cn2cc(CCc3ccccc3)nn2)n1. The summed E-state index contributed by atoms with van der Waals surface area (Å²) in [6.07, 6.45) is 3.75. The predicted molar refractivity (Wildman–Crippen MR) is 86.0 cm³/mol. The van der Waals surface area contributed by atoms with Crippen molar-refractivity contribution in [3.05, 3.63) is 59.5 Å². The molecule has 6 nitrogen and oxygen atoms in total. The Bertz CT molecular complexity index is 755. The monoisotopic (exact) mass is 311 g/mol. The number of aromatic nitrogens is 5. The van der Waals surface area contributed by atoms with E-state index in [0.29, 0.717) is 18.3 Å². The maximum Gasteiger partial charge on any atom is 0.248 e. The minimum absolute atomic E-state index is 0.120. The van der Waals surface area contributed by atoms with Crippen molar-refractivity contribution in [2.75, 3.05) is 0 Å². The molecule has 0 amide bonds. The van der Waals surface area contributed by atoms with E-state index >= 15 is 0 Å². The van der Waals surface area contributed by atoms with Crippen LogP contribution < -0.4 is 0 Å². The first-order valence-corrected chi connectivity index (χ1v) is 7.77. The molecule has 23 heavy (non-hydrogen) atoms. The summed E-state index contributed by atoms with van der Waals surface area (Å²) < 4.78 is 7.02. The Morgan fingerprint density at radius 3 is 2.57 bits per heavy atom. The molecule has 0 fully saturated rings. The molecule has 0 aliphatic carbocycles. The molecule has 1 aromatic carbocycles. The lowest BCUT2D eigenvalue weighted by Gasteiger charge is -2.10. The molecule has 2 aromatic heterocycles. The van der Waals surface area contributed by atoms with Crippen molar-refractivity contribution in [3.63, 3.8) is 0 Å². The molecule has 2 heterocycles. The Hall–Kier alpha value is -2.50. The highest BCUT2D eigenvalue weighted by atomic mass is 16.5. The molecular weight excluding hydrogens is 290 g/mol. The Kier molecular flexibility index (Phi) is 4.23. The fourth-order valence-corrected chi connectivity index (χ4v) is 2.21. The van der Waals surface area contributed by atoms with E-state index in [9.17, 15) is 0 Å². The van der Waals surface area contributed by atoms with Gasteiger partial charge in [0.05, 0.1) is 5.69 Å². The molecule has 3 rings (SSSR count). The third-order valence-electron chi connectivity index (χ3n) is 3.53. The first kappa shape index (κ1) is 15.4. The van der Waals surface area contributed by atoms with Crippen molar-refractivity contribution in [3.8, 4) is 0 Å². The Morgan fingerprint density at radius 1 is 1.09 bits per heavy atom. The Balaban J connectivity index is 1.60. The molecule has 3 aromatic rings. The Labute approximate surface area is 135 Å².